The molecule has 4 aliphatic rings. The number of allylic oxidation sites excluding steroid dienone is 2. The first-order valence-corrected chi connectivity index (χ1v) is 21.0. The molecule has 6 rings (SSSR count). The van der Waals surface area contributed by atoms with E-state index in [4.69, 9.17) is 18.9 Å². The van der Waals surface area contributed by atoms with Crippen molar-refractivity contribution in [1.29, 1.82) is 0 Å². The van der Waals surface area contributed by atoms with Crippen LogP contribution in [0.25, 0.3) is 10.9 Å². The number of benzene rings is 1. The first-order chi connectivity index (χ1) is 26.4. The Labute approximate surface area is 327 Å². The third-order valence-electron chi connectivity index (χ3n) is 10.6. The molecule has 1 saturated heterocycles. The Morgan fingerprint density at radius 1 is 1.09 bits per heavy atom. The average Bonchev–Trinajstić information content (AvgIpc) is 4.02. The van der Waals surface area contributed by atoms with E-state index in [0.29, 0.717) is 31.1 Å². The van der Waals surface area contributed by atoms with Crippen molar-refractivity contribution in [3.8, 4) is 17.4 Å². The molecule has 3 amide bonds. The van der Waals surface area contributed by atoms with E-state index in [0.717, 1.165) is 12.8 Å². The highest BCUT2D eigenvalue weighted by atomic mass is 32.2. The highest BCUT2D eigenvalue weighted by molar-refractivity contribution is 7.90. The summed E-state index contributed by atoms with van der Waals surface area (Å²) in [6.45, 7) is 8.70. The van der Waals surface area contributed by atoms with Gasteiger partial charge in [0.25, 0.3) is 0 Å². The lowest BCUT2D eigenvalue weighted by atomic mass is 9.91. The van der Waals surface area contributed by atoms with Gasteiger partial charge in [-0.05, 0) is 91.2 Å². The van der Waals surface area contributed by atoms with Crippen LogP contribution in [0.4, 0.5) is 9.18 Å². The Balaban J connectivity index is 1.35. The maximum Gasteiger partial charge on any atom is 0.408 e. The summed E-state index contributed by atoms with van der Waals surface area (Å²) >= 11 is 0. The van der Waals surface area contributed by atoms with Crippen LogP contribution in [0.1, 0.15) is 98.8 Å². The summed E-state index contributed by atoms with van der Waals surface area (Å²) in [5, 5.41) is 2.52. The highest BCUT2D eigenvalue weighted by Crippen LogP contribution is 2.57. The number of halogens is 1. The highest BCUT2D eigenvalue weighted by Gasteiger charge is 2.61. The predicted octanol–water partition coefficient (Wildman–Crippen LogP) is 5.51. The van der Waals surface area contributed by atoms with Gasteiger partial charge >= 0.3 is 6.09 Å². The average molecular weight is 801 g/mol. The number of sulfonamides is 1. The van der Waals surface area contributed by atoms with E-state index in [-0.39, 0.29) is 67.1 Å². The van der Waals surface area contributed by atoms with Crippen LogP contribution in [0.2, 0.25) is 0 Å². The quantitative estimate of drug-likeness (QED) is 0.306. The van der Waals surface area contributed by atoms with Gasteiger partial charge < -0.3 is 29.2 Å². The molecule has 16 heteroatoms. The van der Waals surface area contributed by atoms with E-state index in [2.05, 4.69) is 15.0 Å². The number of aromatic nitrogens is 1. The summed E-state index contributed by atoms with van der Waals surface area (Å²) in [5.41, 5.74) is -1.98. The van der Waals surface area contributed by atoms with Gasteiger partial charge in [-0.25, -0.2) is 22.6 Å². The van der Waals surface area contributed by atoms with E-state index in [1.165, 1.54) is 24.1 Å². The number of hydrogen-bond donors (Lipinski definition) is 2. The third-order valence-corrected chi connectivity index (χ3v) is 12.4. The third kappa shape index (κ3) is 9.38. The molecule has 1 aromatic carbocycles. The number of pyridine rings is 1. The van der Waals surface area contributed by atoms with Gasteiger partial charge in [-0.3, -0.25) is 19.1 Å². The molecule has 2 aliphatic heterocycles. The number of rotatable bonds is 9. The minimum atomic E-state index is -3.89. The summed E-state index contributed by atoms with van der Waals surface area (Å²) in [4.78, 5) is 61.9. The molecule has 0 radical (unpaired) electrons. The van der Waals surface area contributed by atoms with Gasteiger partial charge in [-0.15, -0.1) is 0 Å². The molecule has 3 fully saturated rings. The molecule has 5 atom stereocenters. The zero-order valence-electron chi connectivity index (χ0n) is 32.9. The standard InChI is InChI=1S/C40H53FN4O10S/c1-23(2)53-33-19-32(27-16-17-28(41)35(52-6)34(27)43-33)54-25-18-30-31(46)21-40(37(48)44-56(50,51)26-14-15-26)20-24(40)12-10-8-7-9-11-13-29(36(47)45(30)22-25)42-38(49)55-39(3,4)5/h10,12,16-17,19,23-26,29-30H,7-9,11,13-15,18,20-22H2,1-6H3,(H,42,49)(H,44,48)/b12-10-/t24-,25-,29+,30+,40-/m1/s1. The van der Waals surface area contributed by atoms with Crippen LogP contribution in [0.15, 0.2) is 30.4 Å². The van der Waals surface area contributed by atoms with Gasteiger partial charge in [-0.2, -0.15) is 0 Å². The number of amides is 3. The van der Waals surface area contributed by atoms with E-state index in [1.807, 2.05) is 26.0 Å². The van der Waals surface area contributed by atoms with Crippen molar-refractivity contribution in [2.75, 3.05) is 13.7 Å². The van der Waals surface area contributed by atoms with E-state index in [1.54, 1.807) is 26.8 Å². The second-order valence-corrected chi connectivity index (χ2v) is 18.6. The second-order valence-electron chi connectivity index (χ2n) is 16.6. The van der Waals surface area contributed by atoms with Gasteiger partial charge in [0.05, 0.1) is 36.5 Å². The topological polar surface area (TPSA) is 180 Å². The molecule has 1 aromatic heterocycles. The van der Waals surface area contributed by atoms with E-state index in [9.17, 15) is 32.0 Å². The summed E-state index contributed by atoms with van der Waals surface area (Å²) in [5.74, 6) is -2.36. The van der Waals surface area contributed by atoms with Gasteiger partial charge in [-0.1, -0.05) is 25.0 Å². The number of ketones is 1. The van der Waals surface area contributed by atoms with Crippen molar-refractivity contribution in [2.45, 2.75) is 134 Å². The summed E-state index contributed by atoms with van der Waals surface area (Å²) in [6.07, 6.45) is 6.06. The number of nitrogens with one attached hydrogen (secondary N) is 2. The van der Waals surface area contributed by atoms with E-state index >= 15 is 0 Å². The van der Waals surface area contributed by atoms with Crippen LogP contribution in [0.3, 0.4) is 0 Å². The monoisotopic (exact) mass is 800 g/mol. The normalized spacial score (nSPS) is 26.7. The van der Waals surface area contributed by atoms with Crippen LogP contribution >= 0.6 is 0 Å². The number of Topliss-reactive ketones (excluding diaryl/α,β-unsaturated/α-hetero) is 1. The van der Waals surface area contributed by atoms with Crippen LogP contribution in [-0.2, 0) is 29.1 Å². The van der Waals surface area contributed by atoms with Crippen molar-refractivity contribution in [2.24, 2.45) is 11.3 Å². The van der Waals surface area contributed by atoms with Crippen LogP contribution in [-0.4, -0.2) is 90.8 Å². The number of alkyl carbamates (subject to hydrolysis) is 1. The summed E-state index contributed by atoms with van der Waals surface area (Å²) in [7, 11) is -2.56. The molecule has 0 bridgehead atoms. The zero-order valence-corrected chi connectivity index (χ0v) is 33.7. The fourth-order valence-corrected chi connectivity index (χ4v) is 8.99. The van der Waals surface area contributed by atoms with Crippen molar-refractivity contribution < 1.29 is 50.9 Å². The number of ether oxygens (including phenoxy) is 4. The Bertz CT molecular complexity index is 2000. The molecule has 3 heterocycles. The van der Waals surface area contributed by atoms with Crippen molar-refractivity contribution in [1.82, 2.24) is 19.9 Å². The fourth-order valence-electron chi connectivity index (χ4n) is 7.60. The molecule has 56 heavy (non-hydrogen) atoms. The number of nitrogens with zero attached hydrogens (tertiary/aromatic N) is 2. The van der Waals surface area contributed by atoms with Gasteiger partial charge in [0.15, 0.2) is 17.3 Å². The number of carbonyl (C=O) groups excluding carboxylic acids is 4. The minimum absolute atomic E-state index is 0.0187. The summed E-state index contributed by atoms with van der Waals surface area (Å²) in [6, 6.07) is 2.17. The van der Waals surface area contributed by atoms with Crippen molar-refractivity contribution >= 4 is 44.6 Å². The van der Waals surface area contributed by atoms with E-state index < -0.39 is 74.0 Å². The van der Waals surface area contributed by atoms with Gasteiger partial charge in [0.1, 0.15) is 29.0 Å². The predicted molar refractivity (Wildman–Crippen MR) is 204 cm³/mol. The number of fused-ring (bicyclic) bond motifs is 3. The minimum Gasteiger partial charge on any atom is -0.491 e. The Kier molecular flexibility index (Phi) is 11.9. The van der Waals surface area contributed by atoms with Crippen LogP contribution in [0, 0.1) is 17.2 Å². The van der Waals surface area contributed by atoms with Crippen molar-refractivity contribution in [3.05, 3.63) is 36.2 Å². The first-order valence-electron chi connectivity index (χ1n) is 19.5. The van der Waals surface area contributed by atoms with Crippen LogP contribution in [0.5, 0.6) is 17.4 Å². The smallest absolute Gasteiger partial charge is 0.408 e. The maximum atomic E-state index is 14.9. The molecule has 2 N–H and O–H groups in total. The maximum absolute atomic E-state index is 14.9. The second kappa shape index (κ2) is 16.2. The number of carbonyl (C=O) groups is 4. The number of methoxy groups -OCH3 is 1. The largest absolute Gasteiger partial charge is 0.491 e. The molecule has 2 aliphatic carbocycles. The zero-order chi connectivity index (χ0) is 40.6. The lowest BCUT2D eigenvalue weighted by molar-refractivity contribution is -0.140. The van der Waals surface area contributed by atoms with Crippen LogP contribution < -0.4 is 24.2 Å². The molecule has 306 valence electrons. The molecule has 0 spiro atoms. The fraction of sp³-hybridized carbons (Fsp3) is 0.625. The van der Waals surface area contributed by atoms with Gasteiger partial charge in [0, 0.05) is 24.3 Å². The Hall–Kier alpha value is -4.47. The molecular weight excluding hydrogens is 748 g/mol. The molecule has 0 unspecified atom stereocenters. The summed E-state index contributed by atoms with van der Waals surface area (Å²) < 4.78 is 66.2. The molecular formula is C40H53FN4O10S. The lowest BCUT2D eigenvalue weighted by Crippen LogP contribution is -2.53. The van der Waals surface area contributed by atoms with Crippen molar-refractivity contribution in [3.63, 3.8) is 0 Å². The SMILES string of the molecule is COc1c(F)ccc2c(O[C@@H]3C[C@H]4C(=O)C[C@]5(C(=O)NS(=O)(=O)C6CC6)C[C@H]5/C=C\CCCCC[C@H](NC(=O)OC(C)(C)C)C(=O)N4C3)cc(OC(C)C)nc12. The Morgan fingerprint density at radius 3 is 2.52 bits per heavy atom. The lowest BCUT2D eigenvalue weighted by Gasteiger charge is -2.30. The first kappa shape index (κ1) is 41.2. The molecule has 14 nitrogen and oxygen atoms in total. The van der Waals surface area contributed by atoms with Gasteiger partial charge in [0.2, 0.25) is 27.7 Å². The molecule has 2 aromatic rings. The molecule has 2 saturated carbocycles. The number of hydrogen-bond acceptors (Lipinski definition) is 11. The Morgan fingerprint density at radius 2 is 1.84 bits per heavy atom.